The third-order valence-corrected chi connectivity index (χ3v) is 6.58. The molecule has 1 amide bonds. The molecule has 174 valence electrons. The number of nitrogens with one attached hydrogen (secondary N) is 3. The first-order valence-corrected chi connectivity index (χ1v) is 13.5. The highest BCUT2D eigenvalue weighted by Gasteiger charge is 2.13. The van der Waals surface area contributed by atoms with Crippen LogP contribution in [0.5, 0.6) is 0 Å². The number of rotatable bonds is 10. The molecule has 1 aromatic carbocycles. The van der Waals surface area contributed by atoms with Crippen molar-refractivity contribution < 1.29 is 9.53 Å². The van der Waals surface area contributed by atoms with Crippen LogP contribution < -0.4 is 16.2 Å². The Balaban J connectivity index is 1.58. The molecule has 0 aliphatic carbocycles. The van der Waals surface area contributed by atoms with Crippen molar-refractivity contribution in [2.45, 2.75) is 13.1 Å². The van der Waals surface area contributed by atoms with Gasteiger partial charge in [0.1, 0.15) is 18.8 Å². The standard InChI is InChI=1S/C20H26Cl2N6O3S/c1-32(2,3)7-6-31-12-24-17(29)11-28-18-16(10-25-28)26-20(27-19(18)30)23-9-13-4-5-14(21)15(22)8-13/h4-5,8,10H,6-7,9,11-12H2,1-3H3,(H,24,29)(H2,23,26,27,30). The van der Waals surface area contributed by atoms with Gasteiger partial charge in [-0.1, -0.05) is 29.3 Å². The van der Waals surface area contributed by atoms with Crippen LogP contribution >= 0.6 is 33.2 Å². The van der Waals surface area contributed by atoms with E-state index in [2.05, 4.69) is 44.5 Å². The third-order valence-electron chi connectivity index (χ3n) is 4.45. The normalized spacial score (nSPS) is 12.2. The van der Waals surface area contributed by atoms with Gasteiger partial charge >= 0.3 is 0 Å². The number of hydrogen-bond donors (Lipinski definition) is 3. The number of carbonyl (C=O) groups is 1. The molecule has 0 bridgehead atoms. The lowest BCUT2D eigenvalue weighted by Gasteiger charge is -2.24. The van der Waals surface area contributed by atoms with Crippen molar-refractivity contribution in [3.8, 4) is 0 Å². The van der Waals surface area contributed by atoms with Gasteiger partial charge in [-0.3, -0.25) is 14.6 Å². The Morgan fingerprint density at radius 2 is 2.03 bits per heavy atom. The minimum atomic E-state index is -0.636. The maximum atomic E-state index is 12.6. The fourth-order valence-electron chi connectivity index (χ4n) is 2.75. The molecular formula is C20H26Cl2N6O3S. The Kier molecular flexibility index (Phi) is 8.05. The van der Waals surface area contributed by atoms with E-state index in [1.54, 1.807) is 12.1 Å². The van der Waals surface area contributed by atoms with Crippen molar-refractivity contribution in [2.75, 3.05) is 43.2 Å². The van der Waals surface area contributed by atoms with Gasteiger partial charge in [0.15, 0.2) is 5.52 Å². The van der Waals surface area contributed by atoms with Crippen molar-refractivity contribution in [2.24, 2.45) is 0 Å². The number of H-pyrrole nitrogens is 1. The largest absolute Gasteiger partial charge is 0.360 e. The minimum Gasteiger partial charge on any atom is -0.360 e. The average Bonchev–Trinajstić information content (AvgIpc) is 3.11. The van der Waals surface area contributed by atoms with Crippen molar-refractivity contribution >= 4 is 56.1 Å². The summed E-state index contributed by atoms with van der Waals surface area (Å²) in [6.07, 6.45) is 8.07. The topological polar surface area (TPSA) is 114 Å². The van der Waals surface area contributed by atoms with Gasteiger partial charge in [-0.25, -0.2) is 19.7 Å². The van der Waals surface area contributed by atoms with Gasteiger partial charge in [-0.15, -0.1) is 0 Å². The highest BCUT2D eigenvalue weighted by atomic mass is 35.5. The van der Waals surface area contributed by atoms with Gasteiger partial charge < -0.3 is 15.4 Å². The quantitative estimate of drug-likeness (QED) is 0.291. The zero-order valence-electron chi connectivity index (χ0n) is 18.1. The molecule has 0 fully saturated rings. The lowest BCUT2D eigenvalue weighted by molar-refractivity contribution is -0.123. The molecule has 0 radical (unpaired) electrons. The summed E-state index contributed by atoms with van der Waals surface area (Å²) in [5, 5.41) is 10.8. The Morgan fingerprint density at radius 1 is 1.25 bits per heavy atom. The minimum absolute atomic E-state index is 0.113. The van der Waals surface area contributed by atoms with E-state index in [4.69, 9.17) is 27.9 Å². The van der Waals surface area contributed by atoms with Gasteiger partial charge in [0, 0.05) is 12.3 Å². The molecule has 0 unspecified atom stereocenters. The van der Waals surface area contributed by atoms with E-state index in [1.165, 1.54) is 10.9 Å². The molecule has 3 aromatic rings. The maximum absolute atomic E-state index is 12.6. The van der Waals surface area contributed by atoms with E-state index in [1.807, 2.05) is 6.07 Å². The first kappa shape index (κ1) is 24.4. The highest BCUT2D eigenvalue weighted by Crippen LogP contribution is 2.33. The van der Waals surface area contributed by atoms with E-state index in [9.17, 15) is 9.59 Å². The number of nitrogens with zero attached hydrogens (tertiary/aromatic N) is 3. The van der Waals surface area contributed by atoms with Crippen LogP contribution in [0.2, 0.25) is 10.0 Å². The average molecular weight is 501 g/mol. The van der Waals surface area contributed by atoms with Crippen molar-refractivity contribution in [1.82, 2.24) is 25.1 Å². The van der Waals surface area contributed by atoms with E-state index in [0.717, 1.165) is 11.3 Å². The second-order valence-electron chi connectivity index (χ2n) is 8.00. The number of halogens is 2. The van der Waals surface area contributed by atoms with Crippen LogP contribution in [-0.4, -0.2) is 63.5 Å². The summed E-state index contributed by atoms with van der Waals surface area (Å²) in [6, 6.07) is 5.26. The van der Waals surface area contributed by atoms with E-state index in [0.29, 0.717) is 28.7 Å². The van der Waals surface area contributed by atoms with Gasteiger partial charge in [0.25, 0.3) is 5.56 Å². The number of ether oxygens (including phenoxy) is 1. The molecule has 0 saturated carbocycles. The molecule has 32 heavy (non-hydrogen) atoms. The van der Waals surface area contributed by atoms with Crippen molar-refractivity contribution in [3.05, 3.63) is 50.4 Å². The summed E-state index contributed by atoms with van der Waals surface area (Å²) in [7, 11) is -0.636. The molecule has 0 aliphatic rings. The second kappa shape index (κ2) is 10.6. The number of fused-ring (bicyclic) bond motifs is 1. The number of benzene rings is 1. The summed E-state index contributed by atoms with van der Waals surface area (Å²) in [4.78, 5) is 31.8. The number of aromatic nitrogens is 4. The van der Waals surface area contributed by atoms with Crippen molar-refractivity contribution in [1.29, 1.82) is 0 Å². The first-order chi connectivity index (χ1) is 15.1. The smallest absolute Gasteiger partial charge is 0.278 e. The van der Waals surface area contributed by atoms with Crippen LogP contribution in [0.4, 0.5) is 5.95 Å². The Labute approximate surface area is 197 Å². The number of aromatic amines is 1. The summed E-state index contributed by atoms with van der Waals surface area (Å²) < 4.78 is 6.78. The molecule has 0 atom stereocenters. The Bertz CT molecular complexity index is 1160. The van der Waals surface area contributed by atoms with Crippen molar-refractivity contribution in [3.63, 3.8) is 0 Å². The zero-order valence-corrected chi connectivity index (χ0v) is 20.4. The summed E-state index contributed by atoms with van der Waals surface area (Å²) in [6.45, 7) is 0.979. The lowest BCUT2D eigenvalue weighted by atomic mass is 10.2. The molecule has 0 aliphatic heterocycles. The van der Waals surface area contributed by atoms with Gasteiger partial charge in [-0.05, 0) is 36.5 Å². The van der Waals surface area contributed by atoms with E-state index in [-0.39, 0.29) is 30.6 Å². The highest BCUT2D eigenvalue weighted by molar-refractivity contribution is 8.32. The Morgan fingerprint density at radius 3 is 2.75 bits per heavy atom. The molecule has 9 nitrogen and oxygen atoms in total. The predicted octanol–water partition coefficient (Wildman–Crippen LogP) is 2.82. The first-order valence-electron chi connectivity index (χ1n) is 9.76. The molecule has 12 heteroatoms. The molecule has 0 spiro atoms. The van der Waals surface area contributed by atoms with Gasteiger partial charge in [0.2, 0.25) is 11.9 Å². The van der Waals surface area contributed by atoms with Crippen LogP contribution in [0.15, 0.2) is 29.2 Å². The van der Waals surface area contributed by atoms with Gasteiger partial charge in [0.05, 0.1) is 22.8 Å². The molecule has 2 heterocycles. The van der Waals surface area contributed by atoms with Crippen LogP contribution in [0.25, 0.3) is 11.0 Å². The zero-order chi connectivity index (χ0) is 23.3. The fourth-order valence-corrected chi connectivity index (χ4v) is 3.69. The number of carbonyl (C=O) groups excluding carboxylic acids is 1. The van der Waals surface area contributed by atoms with Crippen LogP contribution in [0, 0.1) is 0 Å². The SMILES string of the molecule is CS(C)(C)CCOCNC(=O)Cn1ncc2nc(NCc3ccc(Cl)c(Cl)c3)[nH]c(=O)c21. The molecule has 3 N–H and O–H groups in total. The second-order valence-corrected chi connectivity index (χ2v) is 13.4. The number of amides is 1. The van der Waals surface area contributed by atoms with Crippen LogP contribution in [-0.2, 0) is 22.6 Å². The fraction of sp³-hybridized carbons (Fsp3) is 0.400. The summed E-state index contributed by atoms with van der Waals surface area (Å²) in [5.74, 6) is 0.945. The van der Waals surface area contributed by atoms with Crippen LogP contribution in [0.3, 0.4) is 0 Å². The van der Waals surface area contributed by atoms with Gasteiger partial charge in [-0.2, -0.15) is 5.10 Å². The maximum Gasteiger partial charge on any atom is 0.278 e. The molecule has 0 saturated heterocycles. The lowest BCUT2D eigenvalue weighted by Crippen LogP contribution is -2.31. The molecule has 2 aromatic heterocycles. The molecular weight excluding hydrogens is 475 g/mol. The Hall–Kier alpha value is -2.27. The summed E-state index contributed by atoms with van der Waals surface area (Å²) >= 11 is 11.9. The van der Waals surface area contributed by atoms with E-state index >= 15 is 0 Å². The molecule has 3 rings (SSSR count). The number of anilines is 1. The number of hydrogen-bond acceptors (Lipinski definition) is 6. The predicted molar refractivity (Wildman–Crippen MR) is 131 cm³/mol. The van der Waals surface area contributed by atoms with Crippen LogP contribution in [0.1, 0.15) is 5.56 Å². The third kappa shape index (κ3) is 6.86. The monoisotopic (exact) mass is 500 g/mol. The van der Waals surface area contributed by atoms with E-state index < -0.39 is 15.6 Å². The summed E-state index contributed by atoms with van der Waals surface area (Å²) in [5.41, 5.74) is 1.07.